The minimum atomic E-state index is -0.109. The van der Waals surface area contributed by atoms with Crippen LogP contribution in [0, 0.1) is 11.3 Å². The van der Waals surface area contributed by atoms with Gasteiger partial charge >= 0.3 is 0 Å². The van der Waals surface area contributed by atoms with Crippen LogP contribution in [0.1, 0.15) is 22.5 Å². The number of rotatable bonds is 5. The highest BCUT2D eigenvalue weighted by Crippen LogP contribution is 2.12. The summed E-state index contributed by atoms with van der Waals surface area (Å²) in [5.41, 5.74) is 2.66. The molecular formula is C22H17N5O. The predicted octanol–water partition coefficient (Wildman–Crippen LogP) is 2.94. The highest BCUT2D eigenvalue weighted by Gasteiger charge is 2.07. The van der Waals surface area contributed by atoms with Crippen LogP contribution in [-0.2, 0) is 13.0 Å². The van der Waals surface area contributed by atoms with Crippen molar-refractivity contribution in [2.75, 3.05) is 0 Å². The molecule has 0 aliphatic rings. The van der Waals surface area contributed by atoms with Crippen molar-refractivity contribution in [3.05, 3.63) is 112 Å². The third-order valence-corrected chi connectivity index (χ3v) is 4.48. The van der Waals surface area contributed by atoms with Crippen LogP contribution in [0.4, 0.5) is 0 Å². The van der Waals surface area contributed by atoms with Crippen molar-refractivity contribution >= 4 is 0 Å². The van der Waals surface area contributed by atoms with E-state index in [9.17, 15) is 4.79 Å². The van der Waals surface area contributed by atoms with E-state index in [1.54, 1.807) is 30.7 Å². The van der Waals surface area contributed by atoms with E-state index in [-0.39, 0.29) is 5.56 Å². The lowest BCUT2D eigenvalue weighted by Gasteiger charge is -2.09. The second-order valence-electron chi connectivity index (χ2n) is 6.39. The first kappa shape index (κ1) is 17.4. The second-order valence-corrected chi connectivity index (χ2v) is 6.39. The van der Waals surface area contributed by atoms with Gasteiger partial charge in [0.05, 0.1) is 18.2 Å². The van der Waals surface area contributed by atoms with E-state index in [2.05, 4.69) is 20.6 Å². The van der Waals surface area contributed by atoms with E-state index in [0.29, 0.717) is 24.3 Å². The molecule has 0 radical (unpaired) electrons. The zero-order valence-electron chi connectivity index (χ0n) is 15.1. The van der Waals surface area contributed by atoms with E-state index in [1.165, 1.54) is 10.6 Å². The molecule has 0 saturated heterocycles. The van der Waals surface area contributed by atoms with Gasteiger partial charge in [0.15, 0.2) is 0 Å². The average molecular weight is 367 g/mol. The number of imidazole rings is 1. The Kier molecular flexibility index (Phi) is 4.81. The summed E-state index contributed by atoms with van der Waals surface area (Å²) in [6.07, 6.45) is 7.89. The van der Waals surface area contributed by atoms with Crippen molar-refractivity contribution in [2.24, 2.45) is 0 Å². The number of hydrogen-bond donors (Lipinski definition) is 0. The Morgan fingerprint density at radius 1 is 0.929 bits per heavy atom. The van der Waals surface area contributed by atoms with Gasteiger partial charge in [0.1, 0.15) is 11.6 Å². The molecule has 3 heterocycles. The first-order valence-corrected chi connectivity index (χ1v) is 8.85. The third kappa shape index (κ3) is 3.74. The van der Waals surface area contributed by atoms with Gasteiger partial charge < -0.3 is 4.57 Å². The van der Waals surface area contributed by atoms with Gasteiger partial charge in [0, 0.05) is 37.3 Å². The van der Waals surface area contributed by atoms with Gasteiger partial charge in [-0.15, -0.1) is 0 Å². The zero-order valence-corrected chi connectivity index (χ0v) is 15.1. The van der Waals surface area contributed by atoms with Crippen molar-refractivity contribution < 1.29 is 0 Å². The van der Waals surface area contributed by atoms with Crippen molar-refractivity contribution in [3.8, 4) is 11.9 Å². The zero-order chi connectivity index (χ0) is 19.3. The molecule has 0 amide bonds. The van der Waals surface area contributed by atoms with E-state index in [4.69, 9.17) is 5.26 Å². The summed E-state index contributed by atoms with van der Waals surface area (Å²) >= 11 is 0. The Morgan fingerprint density at radius 2 is 1.75 bits per heavy atom. The van der Waals surface area contributed by atoms with Gasteiger partial charge in [0.25, 0.3) is 5.56 Å². The fourth-order valence-electron chi connectivity index (χ4n) is 3.00. The first-order chi connectivity index (χ1) is 13.7. The van der Waals surface area contributed by atoms with Gasteiger partial charge in [-0.1, -0.05) is 24.3 Å². The molecule has 4 aromatic rings. The molecule has 0 spiro atoms. The molecule has 0 unspecified atom stereocenters. The lowest BCUT2D eigenvalue weighted by atomic mass is 10.1. The second kappa shape index (κ2) is 7.72. The molecule has 0 atom stereocenters. The van der Waals surface area contributed by atoms with Crippen LogP contribution in [0.3, 0.4) is 0 Å². The van der Waals surface area contributed by atoms with Crippen molar-refractivity contribution in [1.82, 2.24) is 19.1 Å². The van der Waals surface area contributed by atoms with Crippen LogP contribution in [0.15, 0.2) is 84.2 Å². The maximum absolute atomic E-state index is 11.9. The Morgan fingerprint density at radius 3 is 2.46 bits per heavy atom. The highest BCUT2D eigenvalue weighted by molar-refractivity contribution is 5.33. The largest absolute Gasteiger partial charge is 0.330 e. The number of hydrogen-bond acceptors (Lipinski definition) is 4. The Hall–Kier alpha value is -3.98. The normalized spacial score (nSPS) is 10.5. The Bertz CT molecular complexity index is 1180. The summed E-state index contributed by atoms with van der Waals surface area (Å²) in [6, 6.07) is 18.5. The monoisotopic (exact) mass is 367 g/mol. The smallest absolute Gasteiger partial charge is 0.256 e. The first-order valence-electron chi connectivity index (χ1n) is 8.85. The maximum Gasteiger partial charge on any atom is 0.256 e. The lowest BCUT2D eigenvalue weighted by molar-refractivity contribution is 0.737. The fraction of sp³-hybridized carbons (Fsp3) is 0.0909. The predicted molar refractivity (Wildman–Crippen MR) is 105 cm³/mol. The van der Waals surface area contributed by atoms with E-state index >= 15 is 0 Å². The summed E-state index contributed by atoms with van der Waals surface area (Å²) in [7, 11) is 0. The van der Waals surface area contributed by atoms with Crippen LogP contribution in [0.2, 0.25) is 0 Å². The van der Waals surface area contributed by atoms with Gasteiger partial charge in [-0.05, 0) is 35.4 Å². The SMILES string of the molecule is N#Cc1ccc(Cc2nccn2Cc2ccc(-n3ccccc3=O)nc2)cc1. The highest BCUT2D eigenvalue weighted by atomic mass is 16.1. The molecule has 28 heavy (non-hydrogen) atoms. The quantitative estimate of drug-likeness (QED) is 0.543. The molecule has 3 aromatic heterocycles. The Balaban J connectivity index is 1.51. The van der Waals surface area contributed by atoms with Crippen LogP contribution < -0.4 is 5.56 Å². The molecule has 1 aromatic carbocycles. The van der Waals surface area contributed by atoms with E-state index in [0.717, 1.165) is 17.0 Å². The number of nitriles is 1. The number of aromatic nitrogens is 4. The summed E-state index contributed by atoms with van der Waals surface area (Å²) < 4.78 is 3.58. The topological polar surface area (TPSA) is 76.5 Å². The van der Waals surface area contributed by atoms with Gasteiger partial charge in [0.2, 0.25) is 0 Å². The molecule has 0 aliphatic heterocycles. The van der Waals surface area contributed by atoms with Crippen LogP contribution >= 0.6 is 0 Å². The van der Waals surface area contributed by atoms with E-state index < -0.39 is 0 Å². The van der Waals surface area contributed by atoms with Crippen LogP contribution in [0.5, 0.6) is 0 Å². The van der Waals surface area contributed by atoms with Crippen LogP contribution in [0.25, 0.3) is 5.82 Å². The van der Waals surface area contributed by atoms with Crippen molar-refractivity contribution in [2.45, 2.75) is 13.0 Å². The van der Waals surface area contributed by atoms with Crippen molar-refractivity contribution in [1.29, 1.82) is 5.26 Å². The molecule has 0 aliphatic carbocycles. The molecule has 0 N–H and O–H groups in total. The Labute approximate surface area is 162 Å². The molecular weight excluding hydrogens is 350 g/mol. The number of benzene rings is 1. The minimum Gasteiger partial charge on any atom is -0.330 e. The molecule has 6 heteroatoms. The summed E-state index contributed by atoms with van der Waals surface area (Å²) in [4.78, 5) is 20.8. The van der Waals surface area contributed by atoms with Crippen LogP contribution in [-0.4, -0.2) is 19.1 Å². The molecule has 0 bridgehead atoms. The summed E-state index contributed by atoms with van der Waals surface area (Å²) in [5.74, 6) is 1.53. The molecule has 0 fully saturated rings. The fourth-order valence-corrected chi connectivity index (χ4v) is 3.00. The standard InChI is InChI=1S/C22H17N5O/c23-14-18-6-4-17(5-7-18)13-21-24-10-12-26(21)16-19-8-9-20(25-15-19)27-11-2-1-3-22(27)28/h1-12,15H,13,16H2. The maximum atomic E-state index is 11.9. The average Bonchev–Trinajstić information content (AvgIpc) is 3.16. The molecule has 0 saturated carbocycles. The number of pyridine rings is 2. The van der Waals surface area contributed by atoms with E-state index in [1.807, 2.05) is 42.6 Å². The molecule has 6 nitrogen and oxygen atoms in total. The molecule has 4 rings (SSSR count). The number of nitrogens with zero attached hydrogens (tertiary/aromatic N) is 5. The van der Waals surface area contributed by atoms with Crippen molar-refractivity contribution in [3.63, 3.8) is 0 Å². The summed E-state index contributed by atoms with van der Waals surface area (Å²) in [6.45, 7) is 0.641. The lowest BCUT2D eigenvalue weighted by Crippen LogP contribution is -2.16. The van der Waals surface area contributed by atoms with Gasteiger partial charge in [-0.2, -0.15) is 5.26 Å². The van der Waals surface area contributed by atoms with Gasteiger partial charge in [-0.3, -0.25) is 9.36 Å². The summed E-state index contributed by atoms with van der Waals surface area (Å²) in [5, 5.41) is 8.91. The molecule has 136 valence electrons. The minimum absolute atomic E-state index is 0.109. The third-order valence-electron chi connectivity index (χ3n) is 4.48. The van der Waals surface area contributed by atoms with Gasteiger partial charge in [-0.25, -0.2) is 9.97 Å².